The fourth-order valence-electron chi connectivity index (χ4n) is 2.69. The largest absolute Gasteiger partial charge is 0.353 e. The molecular formula is C20H24FN3O2. The predicted octanol–water partition coefficient (Wildman–Crippen LogP) is 2.28. The summed E-state index contributed by atoms with van der Waals surface area (Å²) in [5.41, 5.74) is 2.39. The van der Waals surface area contributed by atoms with E-state index in [2.05, 4.69) is 10.6 Å². The molecule has 6 heteroatoms. The molecule has 0 unspecified atom stereocenters. The van der Waals surface area contributed by atoms with Gasteiger partial charge < -0.3 is 10.6 Å². The molecule has 0 aliphatic heterocycles. The van der Waals surface area contributed by atoms with Crippen molar-refractivity contribution in [1.82, 2.24) is 15.5 Å². The summed E-state index contributed by atoms with van der Waals surface area (Å²) in [4.78, 5) is 26.3. The first-order valence-corrected chi connectivity index (χ1v) is 8.43. The van der Waals surface area contributed by atoms with Crippen molar-refractivity contribution >= 4 is 11.8 Å². The number of benzene rings is 2. The summed E-state index contributed by atoms with van der Waals surface area (Å²) in [6.45, 7) is 2.58. The molecule has 0 spiro atoms. The van der Waals surface area contributed by atoms with Gasteiger partial charge in [-0.15, -0.1) is 0 Å². The van der Waals surface area contributed by atoms with Crippen LogP contribution in [0.15, 0.2) is 48.5 Å². The second kappa shape index (κ2) is 9.10. The maximum atomic E-state index is 12.9. The van der Waals surface area contributed by atoms with E-state index < -0.39 is 6.04 Å². The number of carbonyl (C=O) groups is 2. The van der Waals surface area contributed by atoms with Gasteiger partial charge in [-0.1, -0.05) is 29.8 Å². The van der Waals surface area contributed by atoms with Crippen LogP contribution < -0.4 is 10.6 Å². The zero-order chi connectivity index (χ0) is 19.1. The van der Waals surface area contributed by atoms with Crippen molar-refractivity contribution in [3.63, 3.8) is 0 Å². The van der Waals surface area contributed by atoms with E-state index in [0.29, 0.717) is 12.1 Å². The highest BCUT2D eigenvalue weighted by Gasteiger charge is 2.22. The van der Waals surface area contributed by atoms with Crippen molar-refractivity contribution in [2.45, 2.75) is 13.0 Å². The van der Waals surface area contributed by atoms with Crippen LogP contribution in [0.25, 0.3) is 0 Å². The summed E-state index contributed by atoms with van der Waals surface area (Å²) in [6.07, 6.45) is 0. The zero-order valence-electron chi connectivity index (χ0n) is 15.3. The highest BCUT2D eigenvalue weighted by atomic mass is 19.1. The number of amides is 2. The van der Waals surface area contributed by atoms with Gasteiger partial charge in [0.15, 0.2) is 0 Å². The maximum Gasteiger partial charge on any atom is 0.251 e. The van der Waals surface area contributed by atoms with Crippen LogP contribution in [0.1, 0.15) is 27.5 Å². The van der Waals surface area contributed by atoms with Crippen LogP contribution in [0.2, 0.25) is 0 Å². The molecule has 0 aromatic heterocycles. The third kappa shape index (κ3) is 5.39. The van der Waals surface area contributed by atoms with E-state index >= 15 is 0 Å². The van der Waals surface area contributed by atoms with E-state index in [-0.39, 0.29) is 24.2 Å². The Morgan fingerprint density at radius 3 is 2.31 bits per heavy atom. The van der Waals surface area contributed by atoms with Crippen molar-refractivity contribution < 1.29 is 14.0 Å². The molecule has 5 nitrogen and oxygen atoms in total. The van der Waals surface area contributed by atoms with Gasteiger partial charge in [0.2, 0.25) is 5.91 Å². The van der Waals surface area contributed by atoms with Crippen molar-refractivity contribution in [3.8, 4) is 0 Å². The summed E-state index contributed by atoms with van der Waals surface area (Å²) in [6, 6.07) is 12.7. The van der Waals surface area contributed by atoms with Crippen LogP contribution in [0.5, 0.6) is 0 Å². The lowest BCUT2D eigenvalue weighted by Crippen LogP contribution is -2.40. The highest BCUT2D eigenvalue weighted by molar-refractivity contribution is 5.94. The Morgan fingerprint density at radius 2 is 1.69 bits per heavy atom. The minimum Gasteiger partial charge on any atom is -0.353 e. The minimum absolute atomic E-state index is 0.128. The van der Waals surface area contributed by atoms with E-state index in [9.17, 15) is 14.0 Å². The molecule has 2 N–H and O–H groups in total. The van der Waals surface area contributed by atoms with Gasteiger partial charge in [0.25, 0.3) is 5.91 Å². The Labute approximate surface area is 153 Å². The SMILES string of the molecule is Cc1cccc([C@H](C(=O)NCCNC(=O)c2ccc(F)cc2)N(C)C)c1. The molecule has 0 aliphatic carbocycles. The molecule has 1 atom stereocenters. The van der Waals surface area contributed by atoms with E-state index in [0.717, 1.165) is 11.1 Å². The van der Waals surface area contributed by atoms with Gasteiger partial charge in [-0.2, -0.15) is 0 Å². The summed E-state index contributed by atoms with van der Waals surface area (Å²) in [5, 5.41) is 5.54. The summed E-state index contributed by atoms with van der Waals surface area (Å²) in [5.74, 6) is -0.821. The number of halogens is 1. The second-order valence-corrected chi connectivity index (χ2v) is 6.33. The average molecular weight is 357 g/mol. The monoisotopic (exact) mass is 357 g/mol. The number of nitrogens with one attached hydrogen (secondary N) is 2. The van der Waals surface area contributed by atoms with Gasteiger partial charge >= 0.3 is 0 Å². The third-order valence-electron chi connectivity index (χ3n) is 3.94. The van der Waals surface area contributed by atoms with Crippen LogP contribution in [0.3, 0.4) is 0 Å². The third-order valence-corrected chi connectivity index (χ3v) is 3.94. The van der Waals surface area contributed by atoms with E-state index in [4.69, 9.17) is 0 Å². The average Bonchev–Trinajstić information content (AvgIpc) is 2.59. The van der Waals surface area contributed by atoms with Crippen LogP contribution in [-0.2, 0) is 4.79 Å². The lowest BCUT2D eigenvalue weighted by Gasteiger charge is -2.24. The topological polar surface area (TPSA) is 61.4 Å². The van der Waals surface area contributed by atoms with E-state index in [1.807, 2.05) is 50.2 Å². The van der Waals surface area contributed by atoms with E-state index in [1.165, 1.54) is 24.3 Å². The van der Waals surface area contributed by atoms with Gasteiger partial charge in [0.1, 0.15) is 11.9 Å². The first kappa shape index (κ1) is 19.6. The molecular weight excluding hydrogens is 333 g/mol. The number of nitrogens with zero attached hydrogens (tertiary/aromatic N) is 1. The Kier molecular flexibility index (Phi) is 6.86. The Bertz CT molecular complexity index is 760. The van der Waals surface area contributed by atoms with Crippen molar-refractivity contribution in [3.05, 3.63) is 71.0 Å². The summed E-state index contributed by atoms with van der Waals surface area (Å²) < 4.78 is 12.9. The molecule has 0 bridgehead atoms. The van der Waals surface area contributed by atoms with Crippen LogP contribution in [-0.4, -0.2) is 43.9 Å². The molecule has 26 heavy (non-hydrogen) atoms. The van der Waals surface area contributed by atoms with Gasteiger partial charge in [0.05, 0.1) is 0 Å². The lowest BCUT2D eigenvalue weighted by atomic mass is 10.0. The highest BCUT2D eigenvalue weighted by Crippen LogP contribution is 2.19. The molecule has 0 fully saturated rings. The smallest absolute Gasteiger partial charge is 0.251 e. The van der Waals surface area contributed by atoms with Crippen LogP contribution in [0.4, 0.5) is 4.39 Å². The van der Waals surface area contributed by atoms with Crippen LogP contribution in [0, 0.1) is 12.7 Å². The molecule has 2 aromatic rings. The zero-order valence-corrected chi connectivity index (χ0v) is 15.3. The van der Waals surface area contributed by atoms with Gasteiger partial charge in [-0.3, -0.25) is 14.5 Å². The maximum absolute atomic E-state index is 12.9. The molecule has 0 saturated heterocycles. The molecule has 0 saturated carbocycles. The van der Waals surface area contributed by atoms with E-state index in [1.54, 1.807) is 0 Å². The van der Waals surface area contributed by atoms with Gasteiger partial charge in [-0.25, -0.2) is 4.39 Å². The summed E-state index contributed by atoms with van der Waals surface area (Å²) in [7, 11) is 3.70. The quantitative estimate of drug-likeness (QED) is 0.748. The first-order chi connectivity index (χ1) is 12.4. The van der Waals surface area contributed by atoms with Crippen LogP contribution >= 0.6 is 0 Å². The number of hydrogen-bond acceptors (Lipinski definition) is 3. The van der Waals surface area contributed by atoms with Crippen molar-refractivity contribution in [2.75, 3.05) is 27.2 Å². The second-order valence-electron chi connectivity index (χ2n) is 6.33. The molecule has 2 amide bonds. The molecule has 0 radical (unpaired) electrons. The first-order valence-electron chi connectivity index (χ1n) is 8.43. The number of hydrogen-bond donors (Lipinski definition) is 2. The van der Waals surface area contributed by atoms with Gasteiger partial charge in [0, 0.05) is 18.7 Å². The Balaban J connectivity index is 1.86. The van der Waals surface area contributed by atoms with Crippen molar-refractivity contribution in [2.24, 2.45) is 0 Å². The van der Waals surface area contributed by atoms with Crippen molar-refractivity contribution in [1.29, 1.82) is 0 Å². The normalized spacial score (nSPS) is 11.9. The standard InChI is InChI=1S/C20H24FN3O2/c1-14-5-4-6-16(13-14)18(24(2)3)20(26)23-12-11-22-19(25)15-7-9-17(21)10-8-15/h4-10,13,18H,11-12H2,1-3H3,(H,22,25)(H,23,26)/t18-/m1/s1. The fraction of sp³-hybridized carbons (Fsp3) is 0.300. The number of likely N-dealkylation sites (N-methyl/N-ethyl adjacent to an activating group) is 1. The number of carbonyl (C=O) groups excluding carboxylic acids is 2. The molecule has 138 valence electrons. The fourth-order valence-corrected chi connectivity index (χ4v) is 2.69. The molecule has 0 aliphatic rings. The minimum atomic E-state index is -0.400. The summed E-state index contributed by atoms with van der Waals surface area (Å²) >= 11 is 0. The number of aryl methyl sites for hydroxylation is 1. The lowest BCUT2D eigenvalue weighted by molar-refractivity contribution is -0.125. The molecule has 2 aromatic carbocycles. The Hall–Kier alpha value is -2.73. The predicted molar refractivity (Wildman–Crippen MR) is 99.3 cm³/mol. The van der Waals surface area contributed by atoms with Gasteiger partial charge in [-0.05, 0) is 50.8 Å². The number of rotatable bonds is 7. The molecule has 0 heterocycles. The molecule has 2 rings (SSSR count). The Morgan fingerprint density at radius 1 is 1.04 bits per heavy atom.